The number of alkyl halides is 3. The fourth-order valence-electron chi connectivity index (χ4n) is 1.76. The molecule has 6 heteroatoms. The largest absolute Gasteiger partial charge is 0.433 e. The first-order valence-corrected chi connectivity index (χ1v) is 6.00. The highest BCUT2D eigenvalue weighted by atomic mass is 79.9. The third-order valence-electron chi connectivity index (χ3n) is 2.51. The molecule has 1 atom stereocenters. The van der Waals surface area contributed by atoms with E-state index in [-0.39, 0.29) is 16.5 Å². The molecule has 1 saturated heterocycles. The van der Waals surface area contributed by atoms with Crippen molar-refractivity contribution >= 4 is 27.5 Å². The maximum absolute atomic E-state index is 12.2. The Morgan fingerprint density at radius 2 is 2.12 bits per heavy atom. The van der Waals surface area contributed by atoms with Crippen LogP contribution in [0.4, 0.5) is 14.5 Å². The third-order valence-corrected chi connectivity index (χ3v) is 3.36. The Kier molecular flexibility index (Phi) is 3.61. The minimum absolute atomic E-state index is 0.0254. The maximum atomic E-state index is 12.2. The van der Waals surface area contributed by atoms with Gasteiger partial charge in [-0.2, -0.15) is 8.78 Å². The van der Waals surface area contributed by atoms with Crippen molar-refractivity contribution < 1.29 is 18.3 Å². The van der Waals surface area contributed by atoms with E-state index in [0.717, 1.165) is 0 Å². The molecule has 1 fully saturated rings. The quantitative estimate of drug-likeness (QED) is 0.804. The fourth-order valence-corrected chi connectivity index (χ4v) is 2.21. The maximum Gasteiger partial charge on any atom is 0.387 e. The lowest BCUT2D eigenvalue weighted by atomic mass is 10.2. The summed E-state index contributed by atoms with van der Waals surface area (Å²) in [6.45, 7) is -2.40. The first kappa shape index (κ1) is 12.3. The number of ether oxygens (including phenoxy) is 1. The second-order valence-electron chi connectivity index (χ2n) is 3.59. The molecule has 0 aromatic heterocycles. The van der Waals surface area contributed by atoms with Gasteiger partial charge in [0.25, 0.3) is 0 Å². The highest BCUT2D eigenvalue weighted by Gasteiger charge is 2.32. The highest BCUT2D eigenvalue weighted by Crippen LogP contribution is 2.33. The predicted molar refractivity (Wildman–Crippen MR) is 62.8 cm³/mol. The van der Waals surface area contributed by atoms with Crippen LogP contribution < -0.4 is 9.64 Å². The van der Waals surface area contributed by atoms with Gasteiger partial charge >= 0.3 is 6.61 Å². The van der Waals surface area contributed by atoms with Crippen molar-refractivity contribution in [3.05, 3.63) is 24.3 Å². The molecule has 0 saturated carbocycles. The molecule has 1 heterocycles. The van der Waals surface area contributed by atoms with E-state index in [1.165, 1.54) is 11.0 Å². The van der Waals surface area contributed by atoms with E-state index in [0.29, 0.717) is 18.7 Å². The zero-order chi connectivity index (χ0) is 12.4. The Hall–Kier alpha value is -1.17. The lowest BCUT2D eigenvalue weighted by molar-refractivity contribution is -0.116. The van der Waals surface area contributed by atoms with Crippen LogP contribution in [0.15, 0.2) is 24.3 Å². The lowest BCUT2D eigenvalue weighted by Gasteiger charge is -2.19. The van der Waals surface area contributed by atoms with E-state index >= 15 is 0 Å². The summed E-state index contributed by atoms with van der Waals surface area (Å²) in [6, 6.07) is 6.30. The zero-order valence-corrected chi connectivity index (χ0v) is 10.4. The van der Waals surface area contributed by atoms with Gasteiger partial charge in [-0.3, -0.25) is 4.79 Å². The molecule has 1 unspecified atom stereocenters. The van der Waals surface area contributed by atoms with Crippen LogP contribution >= 0.6 is 15.9 Å². The van der Waals surface area contributed by atoms with Gasteiger partial charge in [-0.15, -0.1) is 0 Å². The molecule has 0 bridgehead atoms. The molecule has 0 radical (unpaired) electrons. The predicted octanol–water partition coefficient (Wildman–Crippen LogP) is 2.79. The topological polar surface area (TPSA) is 29.5 Å². The number of hydrogen-bond donors (Lipinski definition) is 0. The van der Waals surface area contributed by atoms with E-state index in [9.17, 15) is 13.6 Å². The summed E-state index contributed by atoms with van der Waals surface area (Å²) in [5.74, 6) is -0.104. The van der Waals surface area contributed by atoms with Crippen molar-refractivity contribution in [1.82, 2.24) is 0 Å². The smallest absolute Gasteiger partial charge is 0.387 e. The number of rotatable bonds is 3. The van der Waals surface area contributed by atoms with E-state index in [2.05, 4.69) is 20.7 Å². The molecule has 1 aliphatic heterocycles. The van der Waals surface area contributed by atoms with Crippen LogP contribution in [0.3, 0.4) is 0 Å². The molecule has 0 N–H and O–H groups in total. The SMILES string of the molecule is O=C1C(Br)CCN1c1ccccc1OC(F)F. The number of halogens is 3. The van der Waals surface area contributed by atoms with Gasteiger partial charge < -0.3 is 9.64 Å². The average molecular weight is 306 g/mol. The van der Waals surface area contributed by atoms with Gasteiger partial charge in [-0.05, 0) is 18.6 Å². The Morgan fingerprint density at radius 1 is 1.41 bits per heavy atom. The zero-order valence-electron chi connectivity index (χ0n) is 8.78. The molecule has 1 amide bonds. The van der Waals surface area contributed by atoms with Gasteiger partial charge in [0.2, 0.25) is 5.91 Å². The van der Waals surface area contributed by atoms with Gasteiger partial charge in [0.05, 0.1) is 10.5 Å². The second kappa shape index (κ2) is 5.00. The molecular weight excluding hydrogens is 296 g/mol. The normalized spacial score (nSPS) is 20.1. The van der Waals surface area contributed by atoms with Crippen molar-refractivity contribution in [2.75, 3.05) is 11.4 Å². The highest BCUT2D eigenvalue weighted by molar-refractivity contribution is 9.10. The molecule has 92 valence electrons. The minimum atomic E-state index is -2.89. The monoisotopic (exact) mass is 305 g/mol. The number of anilines is 1. The number of para-hydroxylation sites is 2. The van der Waals surface area contributed by atoms with Gasteiger partial charge in [0.15, 0.2) is 0 Å². The summed E-state index contributed by atoms with van der Waals surface area (Å²) >= 11 is 3.24. The van der Waals surface area contributed by atoms with E-state index in [1.807, 2.05) is 0 Å². The van der Waals surface area contributed by atoms with Gasteiger partial charge in [0.1, 0.15) is 5.75 Å². The number of carbonyl (C=O) groups is 1. The van der Waals surface area contributed by atoms with Gasteiger partial charge in [-0.25, -0.2) is 0 Å². The van der Waals surface area contributed by atoms with E-state index in [1.54, 1.807) is 18.2 Å². The van der Waals surface area contributed by atoms with E-state index < -0.39 is 6.61 Å². The minimum Gasteiger partial charge on any atom is -0.433 e. The Labute approximate surface area is 105 Å². The number of amides is 1. The Bertz CT molecular complexity index is 428. The van der Waals surface area contributed by atoms with Gasteiger partial charge in [0, 0.05) is 6.54 Å². The molecule has 17 heavy (non-hydrogen) atoms. The molecule has 0 spiro atoms. The van der Waals surface area contributed by atoms with Crippen LogP contribution in [0.25, 0.3) is 0 Å². The Morgan fingerprint density at radius 3 is 2.71 bits per heavy atom. The van der Waals surface area contributed by atoms with Crippen LogP contribution in [-0.4, -0.2) is 23.9 Å². The molecule has 1 aromatic carbocycles. The summed E-state index contributed by atoms with van der Waals surface area (Å²) in [5, 5.41) is 0. The average Bonchev–Trinajstić information content (AvgIpc) is 2.60. The summed E-state index contributed by atoms with van der Waals surface area (Å²) in [5.41, 5.74) is 0.389. The van der Waals surface area contributed by atoms with Crippen molar-refractivity contribution in [3.63, 3.8) is 0 Å². The molecule has 2 rings (SSSR count). The Balaban J connectivity index is 2.29. The molecule has 1 aliphatic rings. The van der Waals surface area contributed by atoms with Gasteiger partial charge in [-0.1, -0.05) is 28.1 Å². The second-order valence-corrected chi connectivity index (χ2v) is 4.70. The summed E-state index contributed by atoms with van der Waals surface area (Å²) in [7, 11) is 0. The van der Waals surface area contributed by atoms with Crippen molar-refractivity contribution in [1.29, 1.82) is 0 Å². The fraction of sp³-hybridized carbons (Fsp3) is 0.364. The summed E-state index contributed by atoms with van der Waals surface area (Å²) in [6.07, 6.45) is 0.655. The lowest BCUT2D eigenvalue weighted by Crippen LogP contribution is -2.27. The van der Waals surface area contributed by atoms with E-state index in [4.69, 9.17) is 0 Å². The molecule has 1 aromatic rings. The van der Waals surface area contributed by atoms with Crippen LogP contribution in [0, 0.1) is 0 Å². The molecule has 0 aliphatic carbocycles. The first-order chi connectivity index (χ1) is 8.09. The number of carbonyl (C=O) groups excluding carboxylic acids is 1. The van der Waals surface area contributed by atoms with Crippen LogP contribution in [-0.2, 0) is 4.79 Å². The van der Waals surface area contributed by atoms with Crippen LogP contribution in [0.5, 0.6) is 5.75 Å². The number of benzene rings is 1. The van der Waals surface area contributed by atoms with Crippen molar-refractivity contribution in [2.24, 2.45) is 0 Å². The summed E-state index contributed by atoms with van der Waals surface area (Å²) in [4.78, 5) is 13.0. The van der Waals surface area contributed by atoms with Crippen molar-refractivity contribution in [2.45, 2.75) is 17.9 Å². The van der Waals surface area contributed by atoms with Crippen molar-refractivity contribution in [3.8, 4) is 5.75 Å². The number of nitrogens with zero attached hydrogens (tertiary/aromatic N) is 1. The van der Waals surface area contributed by atoms with Crippen LogP contribution in [0.2, 0.25) is 0 Å². The number of hydrogen-bond acceptors (Lipinski definition) is 2. The third kappa shape index (κ3) is 2.57. The first-order valence-electron chi connectivity index (χ1n) is 5.09. The molecular formula is C11H10BrF2NO2. The standard InChI is InChI=1S/C11H10BrF2NO2/c12-7-5-6-15(10(7)16)8-3-1-2-4-9(8)17-11(13)14/h1-4,7,11H,5-6H2. The van der Waals surface area contributed by atoms with Crippen LogP contribution in [0.1, 0.15) is 6.42 Å². The summed E-state index contributed by atoms with van der Waals surface area (Å²) < 4.78 is 28.9. The molecule has 3 nitrogen and oxygen atoms in total.